The summed E-state index contributed by atoms with van der Waals surface area (Å²) in [5.41, 5.74) is 0. The predicted molar refractivity (Wildman–Crippen MR) is 70.3 cm³/mol. The second-order valence-electron chi connectivity index (χ2n) is 4.78. The molecular weight excluding hydrogens is 270 g/mol. The van der Waals surface area contributed by atoms with Gasteiger partial charge in [-0.2, -0.15) is 0 Å². The first-order valence-electron chi connectivity index (χ1n) is 6.49. The van der Waals surface area contributed by atoms with Gasteiger partial charge in [-0.15, -0.1) is 0 Å². The lowest BCUT2D eigenvalue weighted by Gasteiger charge is -2.09. The predicted octanol–water partition coefficient (Wildman–Crippen LogP) is 0.271. The Balaban J connectivity index is 2.07. The smallest absolute Gasteiger partial charge is 0.305 e. The van der Waals surface area contributed by atoms with Crippen molar-refractivity contribution in [3.63, 3.8) is 0 Å². The van der Waals surface area contributed by atoms with Gasteiger partial charge in [-0.05, 0) is 19.3 Å². The molecule has 1 rings (SSSR count). The van der Waals surface area contributed by atoms with E-state index in [0.29, 0.717) is 19.4 Å². The Morgan fingerprint density at radius 1 is 1.26 bits per heavy atom. The Bertz CT molecular complexity index is 418. The third-order valence-corrected chi connectivity index (χ3v) is 4.96. The van der Waals surface area contributed by atoms with E-state index in [2.05, 4.69) is 10.1 Å². The molecule has 19 heavy (non-hydrogen) atoms. The number of esters is 1. The molecule has 0 radical (unpaired) electrons. The van der Waals surface area contributed by atoms with E-state index in [4.69, 9.17) is 0 Å². The van der Waals surface area contributed by atoms with E-state index >= 15 is 0 Å². The van der Waals surface area contributed by atoms with E-state index in [0.717, 1.165) is 19.3 Å². The molecule has 0 aromatic carbocycles. The number of carbonyl (C=O) groups excluding carboxylic acids is 2. The normalized spacial score (nSPS) is 21.0. The molecule has 1 fully saturated rings. The first-order valence-corrected chi connectivity index (χ1v) is 8.31. The molecule has 7 heteroatoms. The van der Waals surface area contributed by atoms with Crippen LogP contribution in [0.25, 0.3) is 0 Å². The fourth-order valence-corrected chi connectivity index (χ4v) is 3.77. The van der Waals surface area contributed by atoms with Crippen LogP contribution in [0.15, 0.2) is 0 Å². The summed E-state index contributed by atoms with van der Waals surface area (Å²) < 4.78 is 27.0. The highest BCUT2D eigenvalue weighted by molar-refractivity contribution is 7.91. The molecule has 1 aliphatic rings. The van der Waals surface area contributed by atoms with Crippen molar-refractivity contribution < 1.29 is 22.7 Å². The van der Waals surface area contributed by atoms with Gasteiger partial charge in [0.15, 0.2) is 9.84 Å². The van der Waals surface area contributed by atoms with Crippen LogP contribution in [0, 0.1) is 5.92 Å². The van der Waals surface area contributed by atoms with Gasteiger partial charge in [-0.25, -0.2) is 8.42 Å². The number of ether oxygens (including phenoxy) is 1. The molecule has 1 atom stereocenters. The molecule has 1 aliphatic heterocycles. The highest BCUT2D eigenvalue weighted by Crippen LogP contribution is 2.18. The van der Waals surface area contributed by atoms with Crippen LogP contribution < -0.4 is 5.32 Å². The van der Waals surface area contributed by atoms with Gasteiger partial charge < -0.3 is 10.1 Å². The van der Waals surface area contributed by atoms with E-state index in [1.807, 2.05) is 0 Å². The number of nitrogens with one attached hydrogen (secondary N) is 1. The van der Waals surface area contributed by atoms with Crippen molar-refractivity contribution in [2.24, 2.45) is 5.92 Å². The van der Waals surface area contributed by atoms with E-state index in [-0.39, 0.29) is 29.3 Å². The summed E-state index contributed by atoms with van der Waals surface area (Å²) in [6.45, 7) is 0.524. The van der Waals surface area contributed by atoms with Gasteiger partial charge in [0, 0.05) is 13.0 Å². The van der Waals surface area contributed by atoms with Crippen LogP contribution in [0.4, 0.5) is 0 Å². The molecule has 0 bridgehead atoms. The molecule has 1 N–H and O–H groups in total. The van der Waals surface area contributed by atoms with Crippen LogP contribution in [0.5, 0.6) is 0 Å². The molecule has 1 unspecified atom stereocenters. The highest BCUT2D eigenvalue weighted by atomic mass is 32.2. The van der Waals surface area contributed by atoms with Crippen molar-refractivity contribution in [1.29, 1.82) is 0 Å². The zero-order valence-electron chi connectivity index (χ0n) is 11.2. The number of rotatable bonds is 7. The summed E-state index contributed by atoms with van der Waals surface area (Å²) in [6, 6.07) is 0. The van der Waals surface area contributed by atoms with E-state index in [1.165, 1.54) is 7.11 Å². The van der Waals surface area contributed by atoms with Crippen molar-refractivity contribution in [3.8, 4) is 0 Å². The van der Waals surface area contributed by atoms with Gasteiger partial charge in [0.25, 0.3) is 0 Å². The van der Waals surface area contributed by atoms with Crippen LogP contribution in [-0.4, -0.2) is 45.5 Å². The third kappa shape index (κ3) is 6.04. The number of hydrogen-bond acceptors (Lipinski definition) is 5. The van der Waals surface area contributed by atoms with Crippen LogP contribution >= 0.6 is 0 Å². The Hall–Kier alpha value is -1.11. The first kappa shape index (κ1) is 15.9. The number of methoxy groups -OCH3 is 1. The quantitative estimate of drug-likeness (QED) is 0.537. The fraction of sp³-hybridized carbons (Fsp3) is 0.833. The lowest BCUT2D eigenvalue weighted by molar-refractivity contribution is -0.140. The third-order valence-electron chi connectivity index (χ3n) is 3.19. The Kier molecular flexibility index (Phi) is 6.27. The molecule has 0 spiro atoms. The maximum Gasteiger partial charge on any atom is 0.305 e. The molecule has 6 nitrogen and oxygen atoms in total. The summed E-state index contributed by atoms with van der Waals surface area (Å²) in [7, 11) is -1.65. The van der Waals surface area contributed by atoms with Gasteiger partial charge in [0.2, 0.25) is 5.91 Å². The Labute approximate surface area is 113 Å². The maximum absolute atomic E-state index is 11.7. The zero-order valence-corrected chi connectivity index (χ0v) is 12.0. The Morgan fingerprint density at radius 2 is 2.00 bits per heavy atom. The van der Waals surface area contributed by atoms with E-state index in [9.17, 15) is 18.0 Å². The van der Waals surface area contributed by atoms with Crippen molar-refractivity contribution in [3.05, 3.63) is 0 Å². The van der Waals surface area contributed by atoms with Gasteiger partial charge in [-0.3, -0.25) is 9.59 Å². The maximum atomic E-state index is 11.7. The summed E-state index contributed by atoms with van der Waals surface area (Å²) in [5, 5.41) is 2.74. The van der Waals surface area contributed by atoms with Gasteiger partial charge in [-0.1, -0.05) is 6.42 Å². The minimum atomic E-state index is -3.00. The topological polar surface area (TPSA) is 89.5 Å². The monoisotopic (exact) mass is 291 g/mol. The minimum absolute atomic E-state index is 0.0266. The number of hydrogen-bond donors (Lipinski definition) is 1. The molecule has 0 saturated carbocycles. The van der Waals surface area contributed by atoms with Gasteiger partial charge in [0.1, 0.15) is 0 Å². The highest BCUT2D eigenvalue weighted by Gasteiger charge is 2.32. The lowest BCUT2D eigenvalue weighted by Crippen LogP contribution is -2.32. The molecule has 110 valence electrons. The summed E-state index contributed by atoms with van der Waals surface area (Å²) >= 11 is 0. The van der Waals surface area contributed by atoms with Gasteiger partial charge >= 0.3 is 5.97 Å². The molecular formula is C12H21NO5S. The Morgan fingerprint density at radius 3 is 2.58 bits per heavy atom. The second-order valence-corrected chi connectivity index (χ2v) is 7.01. The largest absolute Gasteiger partial charge is 0.469 e. The molecule has 0 aromatic heterocycles. The minimum Gasteiger partial charge on any atom is -0.469 e. The van der Waals surface area contributed by atoms with Crippen molar-refractivity contribution >= 4 is 21.7 Å². The average molecular weight is 291 g/mol. The summed E-state index contributed by atoms with van der Waals surface area (Å²) in [5.74, 6) is -0.694. The molecule has 1 heterocycles. The van der Waals surface area contributed by atoms with E-state index in [1.54, 1.807) is 0 Å². The average Bonchev–Trinajstić information content (AvgIpc) is 2.73. The SMILES string of the molecule is COC(=O)CCCCCNC(=O)C1CCS(=O)(=O)C1. The fourth-order valence-electron chi connectivity index (χ4n) is 2.03. The number of unbranched alkanes of at least 4 members (excludes halogenated alkanes) is 2. The van der Waals surface area contributed by atoms with Crippen LogP contribution in [0.1, 0.15) is 32.1 Å². The molecule has 1 amide bonds. The number of carbonyl (C=O) groups is 2. The van der Waals surface area contributed by atoms with Crippen LogP contribution in [-0.2, 0) is 24.2 Å². The molecule has 1 saturated heterocycles. The van der Waals surface area contributed by atoms with Crippen molar-refractivity contribution in [2.45, 2.75) is 32.1 Å². The summed E-state index contributed by atoms with van der Waals surface area (Å²) in [4.78, 5) is 22.5. The molecule has 0 aromatic rings. The van der Waals surface area contributed by atoms with Gasteiger partial charge in [0.05, 0.1) is 24.5 Å². The second kappa shape index (κ2) is 7.47. The number of sulfone groups is 1. The van der Waals surface area contributed by atoms with E-state index < -0.39 is 9.84 Å². The first-order chi connectivity index (χ1) is 8.94. The zero-order chi connectivity index (χ0) is 14.3. The standard InChI is InChI=1S/C12H21NO5S/c1-18-11(14)5-3-2-4-7-13-12(15)10-6-8-19(16,17)9-10/h10H,2-9H2,1H3,(H,13,15). The van der Waals surface area contributed by atoms with Crippen LogP contribution in [0.2, 0.25) is 0 Å². The van der Waals surface area contributed by atoms with Crippen molar-refractivity contribution in [1.82, 2.24) is 5.32 Å². The lowest BCUT2D eigenvalue weighted by atomic mass is 10.1. The molecule has 0 aliphatic carbocycles. The van der Waals surface area contributed by atoms with Crippen LogP contribution in [0.3, 0.4) is 0 Å². The summed E-state index contributed by atoms with van der Waals surface area (Å²) in [6.07, 6.45) is 3.17. The number of amides is 1. The van der Waals surface area contributed by atoms with Crippen molar-refractivity contribution in [2.75, 3.05) is 25.2 Å².